The predicted octanol–water partition coefficient (Wildman–Crippen LogP) is 2.85. The Morgan fingerprint density at radius 3 is 2.45 bits per heavy atom. The maximum atomic E-state index is 11.9. The number of carbonyl (C=O) groups excluding carboxylic acids is 1. The summed E-state index contributed by atoms with van der Waals surface area (Å²) in [5, 5.41) is 8.79. The summed E-state index contributed by atoms with van der Waals surface area (Å²) < 4.78 is 5.71. The first-order valence-corrected chi connectivity index (χ1v) is 8.57. The Hall–Kier alpha value is -0.943. The Kier molecular flexibility index (Phi) is 9.42. The van der Waals surface area contributed by atoms with Crippen molar-refractivity contribution in [2.75, 3.05) is 0 Å². The van der Waals surface area contributed by atoms with E-state index in [1.807, 2.05) is 6.08 Å². The highest BCUT2D eigenvalue weighted by atomic mass is 28.2. The minimum absolute atomic E-state index is 0.0812. The van der Waals surface area contributed by atoms with Gasteiger partial charge in [-0.15, -0.1) is 0 Å². The average molecular weight is 300 g/mol. The van der Waals surface area contributed by atoms with Gasteiger partial charge in [-0.05, 0) is 17.9 Å². The third kappa shape index (κ3) is 10.9. The zero-order valence-corrected chi connectivity index (χ0v) is 14.6. The maximum Gasteiger partial charge on any atom is 0.310 e. The van der Waals surface area contributed by atoms with Gasteiger partial charge in [0, 0.05) is 0 Å². The molecule has 1 atom stereocenters. The zero-order chi connectivity index (χ0) is 15.6. The number of rotatable bonds is 10. The first-order valence-electron chi connectivity index (χ1n) is 7.29. The fraction of sp³-hybridized carbons (Fsp3) is 0.733. The summed E-state index contributed by atoms with van der Waals surface area (Å²) >= 11 is 0. The molecule has 0 heterocycles. The molecule has 0 aliphatic heterocycles. The molecule has 0 saturated carbocycles. The monoisotopic (exact) mass is 300 g/mol. The second-order valence-corrected chi connectivity index (χ2v) is 9.00. The van der Waals surface area contributed by atoms with Crippen LogP contribution in [0.2, 0.25) is 5.04 Å². The summed E-state index contributed by atoms with van der Waals surface area (Å²) in [6.07, 6.45) is 6.84. The highest BCUT2D eigenvalue weighted by molar-refractivity contribution is 6.32. The number of aliphatic carboxylic acids is 1. The van der Waals surface area contributed by atoms with Crippen LogP contribution in [0.3, 0.4) is 0 Å². The van der Waals surface area contributed by atoms with Gasteiger partial charge in [0.25, 0.3) is 0 Å². The van der Waals surface area contributed by atoms with Crippen LogP contribution in [0.1, 0.15) is 59.8 Å². The molecule has 5 heteroatoms. The van der Waals surface area contributed by atoms with Crippen LogP contribution >= 0.6 is 0 Å². The number of unbranched alkanes of at least 4 members (excludes halogenated alkanes) is 3. The van der Waals surface area contributed by atoms with Gasteiger partial charge in [-0.25, -0.2) is 0 Å². The number of carboxylic acids is 1. The number of allylic oxidation sites excluding steroid dienone is 1. The number of hydrogen-bond acceptors (Lipinski definition) is 3. The molecule has 0 rings (SSSR count). The largest absolute Gasteiger partial charge is 0.481 e. The number of carboxylic acid groups (broad SMARTS) is 1. The van der Waals surface area contributed by atoms with E-state index in [-0.39, 0.29) is 10.8 Å². The van der Waals surface area contributed by atoms with E-state index in [4.69, 9.17) is 9.53 Å². The number of carbonyl (C=O) groups is 2. The molecule has 0 aromatic carbocycles. The molecule has 0 aromatic heterocycles. The zero-order valence-electron chi connectivity index (χ0n) is 13.1. The van der Waals surface area contributed by atoms with Gasteiger partial charge in [-0.1, -0.05) is 52.7 Å². The lowest BCUT2D eigenvalue weighted by molar-refractivity contribution is -0.141. The van der Waals surface area contributed by atoms with Gasteiger partial charge in [0.05, 0.1) is 0 Å². The van der Waals surface area contributed by atoms with Crippen LogP contribution in [-0.4, -0.2) is 32.7 Å². The normalized spacial score (nSPS) is 14.2. The second kappa shape index (κ2) is 9.88. The molecule has 0 fully saturated rings. The molecule has 0 aliphatic carbocycles. The highest BCUT2D eigenvalue weighted by Gasteiger charge is 2.21. The standard InChI is InChI=1S/C15H28O4Si/c1-5-6-7-8-9-10-13(12(16)11-14(17)18)19-20-15(2,3)4/h9-10,13H,5-8,11,20H2,1-4H3,(H,17,18)/t13-/m0/s1. The van der Waals surface area contributed by atoms with E-state index in [0.717, 1.165) is 25.7 Å². The van der Waals surface area contributed by atoms with Crippen molar-refractivity contribution in [2.45, 2.75) is 70.9 Å². The van der Waals surface area contributed by atoms with Crippen molar-refractivity contribution in [1.82, 2.24) is 0 Å². The van der Waals surface area contributed by atoms with E-state index >= 15 is 0 Å². The number of ketones is 1. The van der Waals surface area contributed by atoms with Crippen LogP contribution in [-0.2, 0) is 14.0 Å². The minimum Gasteiger partial charge on any atom is -0.481 e. The molecule has 0 aliphatic rings. The van der Waals surface area contributed by atoms with Gasteiger partial charge >= 0.3 is 5.97 Å². The second-order valence-electron chi connectivity index (χ2n) is 6.25. The molecule has 1 N–H and O–H groups in total. The predicted molar refractivity (Wildman–Crippen MR) is 83.7 cm³/mol. The summed E-state index contributed by atoms with van der Waals surface area (Å²) in [5.74, 6) is -1.46. The molecular weight excluding hydrogens is 272 g/mol. The number of Topliss-reactive ketones (excluding diaryl/α,β-unsaturated/α-hetero) is 1. The van der Waals surface area contributed by atoms with E-state index in [1.165, 1.54) is 0 Å². The quantitative estimate of drug-likeness (QED) is 0.292. The lowest BCUT2D eigenvalue weighted by atomic mass is 10.1. The van der Waals surface area contributed by atoms with Crippen LogP contribution in [0.15, 0.2) is 12.2 Å². The van der Waals surface area contributed by atoms with Crippen molar-refractivity contribution in [2.24, 2.45) is 0 Å². The van der Waals surface area contributed by atoms with Crippen LogP contribution in [0.25, 0.3) is 0 Å². The van der Waals surface area contributed by atoms with Gasteiger partial charge in [-0.2, -0.15) is 0 Å². The Balaban J connectivity index is 4.45. The van der Waals surface area contributed by atoms with Gasteiger partial charge in [-0.3, -0.25) is 9.59 Å². The van der Waals surface area contributed by atoms with Crippen molar-refractivity contribution in [3.8, 4) is 0 Å². The van der Waals surface area contributed by atoms with Crippen LogP contribution in [0.5, 0.6) is 0 Å². The van der Waals surface area contributed by atoms with Crippen molar-refractivity contribution < 1.29 is 19.1 Å². The molecule has 0 bridgehead atoms. The van der Waals surface area contributed by atoms with E-state index < -0.39 is 28.3 Å². The molecule has 0 spiro atoms. The Bertz CT molecular complexity index is 331. The van der Waals surface area contributed by atoms with E-state index in [0.29, 0.717) is 0 Å². The highest BCUT2D eigenvalue weighted by Crippen LogP contribution is 2.21. The molecule has 0 unspecified atom stereocenters. The Labute approximate surface area is 124 Å². The lowest BCUT2D eigenvalue weighted by Gasteiger charge is -2.21. The molecule has 0 aromatic rings. The van der Waals surface area contributed by atoms with Gasteiger partial charge < -0.3 is 9.53 Å². The van der Waals surface area contributed by atoms with E-state index in [9.17, 15) is 9.59 Å². The summed E-state index contributed by atoms with van der Waals surface area (Å²) in [7, 11) is -0.883. The summed E-state index contributed by atoms with van der Waals surface area (Å²) in [6, 6.07) is 0. The van der Waals surface area contributed by atoms with Gasteiger partial charge in [0.2, 0.25) is 0 Å². The van der Waals surface area contributed by atoms with Crippen molar-refractivity contribution in [3.63, 3.8) is 0 Å². The Morgan fingerprint density at radius 2 is 1.95 bits per heavy atom. The van der Waals surface area contributed by atoms with Crippen LogP contribution < -0.4 is 0 Å². The van der Waals surface area contributed by atoms with Crippen molar-refractivity contribution >= 4 is 21.5 Å². The van der Waals surface area contributed by atoms with Crippen molar-refractivity contribution in [3.05, 3.63) is 12.2 Å². The summed E-state index contributed by atoms with van der Waals surface area (Å²) in [6.45, 7) is 8.36. The maximum absolute atomic E-state index is 11.9. The fourth-order valence-corrected chi connectivity index (χ4v) is 2.55. The third-order valence-electron chi connectivity index (χ3n) is 2.62. The SMILES string of the molecule is CCCCCC=C[C@H](O[SiH2]C(C)(C)C)C(=O)CC(=O)O. The van der Waals surface area contributed by atoms with Crippen LogP contribution in [0.4, 0.5) is 0 Å². The molecule has 0 amide bonds. The fourth-order valence-electron chi connectivity index (χ4n) is 1.58. The lowest BCUT2D eigenvalue weighted by Crippen LogP contribution is -2.28. The summed E-state index contributed by atoms with van der Waals surface area (Å²) in [5.41, 5.74) is 0. The minimum atomic E-state index is -1.10. The van der Waals surface area contributed by atoms with E-state index in [2.05, 4.69) is 27.7 Å². The first-order chi connectivity index (χ1) is 9.26. The first kappa shape index (κ1) is 19.1. The smallest absolute Gasteiger partial charge is 0.310 e. The topological polar surface area (TPSA) is 63.6 Å². The molecule has 0 radical (unpaired) electrons. The Morgan fingerprint density at radius 1 is 1.30 bits per heavy atom. The van der Waals surface area contributed by atoms with Crippen LogP contribution in [0, 0.1) is 0 Å². The van der Waals surface area contributed by atoms with Crippen molar-refractivity contribution in [1.29, 1.82) is 0 Å². The molecule has 20 heavy (non-hydrogen) atoms. The molecular formula is C15H28O4Si. The third-order valence-corrected chi connectivity index (χ3v) is 4.02. The molecule has 0 saturated heterocycles. The van der Waals surface area contributed by atoms with Gasteiger partial charge in [0.1, 0.15) is 12.5 Å². The summed E-state index contributed by atoms with van der Waals surface area (Å²) in [4.78, 5) is 22.5. The number of hydrogen-bond donors (Lipinski definition) is 1. The molecule has 116 valence electrons. The van der Waals surface area contributed by atoms with Gasteiger partial charge in [0.15, 0.2) is 15.5 Å². The average Bonchev–Trinajstić information content (AvgIpc) is 2.30. The molecule has 4 nitrogen and oxygen atoms in total. The van der Waals surface area contributed by atoms with E-state index in [1.54, 1.807) is 6.08 Å².